The number of rotatable bonds is 0. The maximum absolute atomic E-state index is 5.57. The minimum atomic E-state index is 0.700. The van der Waals surface area contributed by atoms with E-state index < -0.39 is 0 Å². The highest BCUT2D eigenvalue weighted by molar-refractivity contribution is 5.04. The summed E-state index contributed by atoms with van der Waals surface area (Å²) in [6, 6.07) is 0. The van der Waals surface area contributed by atoms with Gasteiger partial charge in [-0.15, -0.1) is 0 Å². The van der Waals surface area contributed by atoms with Gasteiger partial charge in [-0.05, 0) is 30.6 Å². The Bertz CT molecular complexity index is 178. The predicted octanol–water partition coefficient (Wildman–Crippen LogP) is 2.21. The number of hydrogen-bond donors (Lipinski definition) is 0. The van der Waals surface area contributed by atoms with Crippen LogP contribution in [0.25, 0.3) is 0 Å². The first-order valence-corrected chi connectivity index (χ1v) is 5.02. The molecule has 5 atom stereocenters. The molecule has 2 aliphatic carbocycles. The Hall–Kier alpha value is -0.0400. The van der Waals surface area contributed by atoms with E-state index in [0.717, 1.165) is 17.8 Å². The number of hydrogen-bond acceptors (Lipinski definition) is 1. The van der Waals surface area contributed by atoms with Crippen molar-refractivity contribution in [1.82, 2.24) is 0 Å². The third kappa shape index (κ3) is 0.807. The third-order valence-corrected chi connectivity index (χ3v) is 4.03. The summed E-state index contributed by atoms with van der Waals surface area (Å²) in [7, 11) is 0. The molecule has 3 fully saturated rings. The van der Waals surface area contributed by atoms with Gasteiger partial charge < -0.3 is 4.74 Å². The number of ether oxygens (including phenoxy) is 1. The molecule has 2 saturated carbocycles. The van der Waals surface area contributed by atoms with Gasteiger partial charge in [-0.25, -0.2) is 0 Å². The van der Waals surface area contributed by atoms with Crippen LogP contribution >= 0.6 is 0 Å². The number of fused-ring (bicyclic) bond motifs is 3. The average Bonchev–Trinajstić information content (AvgIpc) is 2.67. The maximum atomic E-state index is 5.57. The summed E-state index contributed by atoms with van der Waals surface area (Å²) < 4.78 is 5.57. The lowest BCUT2D eigenvalue weighted by molar-refractivity contribution is 0.113. The van der Waals surface area contributed by atoms with Gasteiger partial charge in [0.15, 0.2) is 0 Å². The van der Waals surface area contributed by atoms with E-state index in [2.05, 4.69) is 6.92 Å². The summed E-state index contributed by atoms with van der Waals surface area (Å²) in [6.45, 7) is 2.43. The zero-order chi connectivity index (χ0) is 7.42. The Morgan fingerprint density at radius 3 is 2.91 bits per heavy atom. The standard InChI is InChI=1S/C10H16O/c1-6-3-2-4-7-8(6)5-9-10(7)11-9/h6-10H,2-5H2,1H3. The van der Waals surface area contributed by atoms with E-state index >= 15 is 0 Å². The molecule has 0 N–H and O–H groups in total. The molecular weight excluding hydrogens is 136 g/mol. The minimum Gasteiger partial charge on any atom is -0.369 e. The summed E-state index contributed by atoms with van der Waals surface area (Å²) in [4.78, 5) is 0. The van der Waals surface area contributed by atoms with Crippen LogP contribution in [0.3, 0.4) is 0 Å². The molecule has 1 saturated heterocycles. The second-order valence-corrected chi connectivity index (χ2v) is 4.61. The van der Waals surface area contributed by atoms with Crippen LogP contribution in [0, 0.1) is 17.8 Å². The van der Waals surface area contributed by atoms with Crippen LogP contribution in [0.5, 0.6) is 0 Å². The molecule has 62 valence electrons. The van der Waals surface area contributed by atoms with Crippen molar-refractivity contribution in [2.75, 3.05) is 0 Å². The van der Waals surface area contributed by atoms with E-state index in [1.165, 1.54) is 25.7 Å². The first-order valence-electron chi connectivity index (χ1n) is 5.02. The van der Waals surface area contributed by atoms with Gasteiger partial charge in [0.05, 0.1) is 12.2 Å². The topological polar surface area (TPSA) is 12.5 Å². The fourth-order valence-electron chi connectivity index (χ4n) is 3.33. The van der Waals surface area contributed by atoms with Gasteiger partial charge >= 0.3 is 0 Å². The van der Waals surface area contributed by atoms with Crippen molar-refractivity contribution in [2.45, 2.75) is 44.8 Å². The molecule has 11 heavy (non-hydrogen) atoms. The van der Waals surface area contributed by atoms with Crippen LogP contribution in [-0.4, -0.2) is 12.2 Å². The van der Waals surface area contributed by atoms with Crippen molar-refractivity contribution in [3.05, 3.63) is 0 Å². The molecule has 1 aliphatic heterocycles. The first-order chi connectivity index (χ1) is 5.36. The van der Waals surface area contributed by atoms with Crippen molar-refractivity contribution in [3.63, 3.8) is 0 Å². The normalized spacial score (nSPS) is 60.3. The Labute approximate surface area is 68.1 Å². The van der Waals surface area contributed by atoms with E-state index in [-0.39, 0.29) is 0 Å². The van der Waals surface area contributed by atoms with Gasteiger partial charge in [-0.3, -0.25) is 0 Å². The van der Waals surface area contributed by atoms with Gasteiger partial charge in [0.1, 0.15) is 0 Å². The molecule has 1 heteroatoms. The lowest BCUT2D eigenvalue weighted by atomic mass is 9.74. The van der Waals surface area contributed by atoms with Crippen molar-refractivity contribution in [2.24, 2.45) is 17.8 Å². The smallest absolute Gasteiger partial charge is 0.0872 e. The molecule has 5 unspecified atom stereocenters. The maximum Gasteiger partial charge on any atom is 0.0872 e. The Morgan fingerprint density at radius 1 is 1.18 bits per heavy atom. The molecule has 0 spiro atoms. The van der Waals surface area contributed by atoms with Crippen LogP contribution in [0.15, 0.2) is 0 Å². The molecule has 3 aliphatic rings. The largest absolute Gasteiger partial charge is 0.369 e. The van der Waals surface area contributed by atoms with E-state index in [1.54, 1.807) is 0 Å². The van der Waals surface area contributed by atoms with E-state index in [1.807, 2.05) is 0 Å². The first kappa shape index (κ1) is 6.47. The van der Waals surface area contributed by atoms with Crippen molar-refractivity contribution >= 4 is 0 Å². The lowest BCUT2D eigenvalue weighted by Gasteiger charge is -2.32. The van der Waals surface area contributed by atoms with Crippen LogP contribution in [0.1, 0.15) is 32.6 Å². The van der Waals surface area contributed by atoms with E-state index in [0.29, 0.717) is 12.2 Å². The lowest BCUT2D eigenvalue weighted by Crippen LogP contribution is -2.26. The second-order valence-electron chi connectivity index (χ2n) is 4.61. The molecule has 0 aromatic carbocycles. The Kier molecular flexibility index (Phi) is 1.18. The van der Waals surface area contributed by atoms with E-state index in [9.17, 15) is 0 Å². The van der Waals surface area contributed by atoms with Crippen molar-refractivity contribution in [1.29, 1.82) is 0 Å². The van der Waals surface area contributed by atoms with E-state index in [4.69, 9.17) is 4.74 Å². The summed E-state index contributed by atoms with van der Waals surface area (Å²) in [6.07, 6.45) is 7.18. The summed E-state index contributed by atoms with van der Waals surface area (Å²) in [5.41, 5.74) is 0. The predicted molar refractivity (Wildman–Crippen MR) is 43.3 cm³/mol. The number of epoxide rings is 1. The quantitative estimate of drug-likeness (QED) is 0.485. The molecular formula is C10H16O. The van der Waals surface area contributed by atoms with Gasteiger partial charge in [-0.2, -0.15) is 0 Å². The van der Waals surface area contributed by atoms with Crippen LogP contribution in [-0.2, 0) is 4.74 Å². The molecule has 3 rings (SSSR count). The molecule has 0 radical (unpaired) electrons. The highest BCUT2D eigenvalue weighted by Gasteiger charge is 2.56. The molecule has 0 amide bonds. The fraction of sp³-hybridized carbons (Fsp3) is 1.00. The van der Waals surface area contributed by atoms with Gasteiger partial charge in [0.25, 0.3) is 0 Å². The zero-order valence-electron chi connectivity index (χ0n) is 7.12. The minimum absolute atomic E-state index is 0.700. The monoisotopic (exact) mass is 152 g/mol. The Balaban J connectivity index is 1.81. The SMILES string of the molecule is CC1CCCC2C1CC1OC12. The summed E-state index contributed by atoms with van der Waals surface area (Å²) in [5, 5.41) is 0. The van der Waals surface area contributed by atoms with Crippen LogP contribution in [0.4, 0.5) is 0 Å². The summed E-state index contributed by atoms with van der Waals surface area (Å²) in [5.74, 6) is 2.99. The molecule has 1 nitrogen and oxygen atoms in total. The fourth-order valence-corrected chi connectivity index (χ4v) is 3.33. The Morgan fingerprint density at radius 2 is 2.09 bits per heavy atom. The third-order valence-electron chi connectivity index (χ3n) is 4.03. The highest BCUT2D eigenvalue weighted by atomic mass is 16.6. The van der Waals surface area contributed by atoms with Gasteiger partial charge in [-0.1, -0.05) is 19.8 Å². The highest BCUT2D eigenvalue weighted by Crippen LogP contribution is 2.54. The molecule has 1 heterocycles. The molecule has 0 aromatic rings. The zero-order valence-corrected chi connectivity index (χ0v) is 7.12. The molecule has 0 bridgehead atoms. The van der Waals surface area contributed by atoms with Crippen molar-refractivity contribution < 1.29 is 4.74 Å². The van der Waals surface area contributed by atoms with Gasteiger partial charge in [0.2, 0.25) is 0 Å². The second kappa shape index (κ2) is 2.01. The van der Waals surface area contributed by atoms with Crippen LogP contribution in [0.2, 0.25) is 0 Å². The summed E-state index contributed by atoms with van der Waals surface area (Å²) >= 11 is 0. The van der Waals surface area contributed by atoms with Gasteiger partial charge in [0, 0.05) is 0 Å². The van der Waals surface area contributed by atoms with Crippen molar-refractivity contribution in [3.8, 4) is 0 Å². The average molecular weight is 152 g/mol. The molecule has 0 aromatic heterocycles. The van der Waals surface area contributed by atoms with Crippen LogP contribution < -0.4 is 0 Å².